The first-order valence-electron chi connectivity index (χ1n) is 6.15. The summed E-state index contributed by atoms with van der Waals surface area (Å²) in [7, 11) is 1.58. The van der Waals surface area contributed by atoms with Gasteiger partial charge in [0.15, 0.2) is 5.78 Å². The summed E-state index contributed by atoms with van der Waals surface area (Å²) in [5.74, 6) is 0.575. The van der Waals surface area contributed by atoms with Gasteiger partial charge in [-0.1, -0.05) is 6.07 Å². The quantitative estimate of drug-likeness (QED) is 0.790. The van der Waals surface area contributed by atoms with Crippen molar-refractivity contribution in [3.05, 3.63) is 58.4 Å². The van der Waals surface area contributed by atoms with Crippen molar-refractivity contribution in [2.75, 3.05) is 7.11 Å². The number of pyridine rings is 1. The molecule has 1 aromatic heterocycles. The van der Waals surface area contributed by atoms with Crippen LogP contribution < -0.4 is 4.74 Å². The van der Waals surface area contributed by atoms with Crippen molar-refractivity contribution in [3.8, 4) is 5.75 Å². The molecule has 0 spiro atoms. The summed E-state index contributed by atoms with van der Waals surface area (Å²) in [6.45, 7) is 5.82. The first kappa shape index (κ1) is 13.3. The van der Waals surface area contributed by atoms with Crippen molar-refractivity contribution in [2.24, 2.45) is 0 Å². The Hall–Kier alpha value is -2.16. The van der Waals surface area contributed by atoms with Gasteiger partial charge >= 0.3 is 0 Å². The molecule has 0 bridgehead atoms. The summed E-state index contributed by atoms with van der Waals surface area (Å²) in [5, 5.41) is 0. The minimum absolute atomic E-state index is 0.0417. The normalized spacial score (nSPS) is 10.3. The van der Waals surface area contributed by atoms with Crippen LogP contribution in [0.1, 0.15) is 32.6 Å². The first-order valence-corrected chi connectivity index (χ1v) is 6.15. The number of nitrogens with zero attached hydrogens (tertiary/aromatic N) is 1. The van der Waals surface area contributed by atoms with Gasteiger partial charge in [0.25, 0.3) is 0 Å². The van der Waals surface area contributed by atoms with Gasteiger partial charge in [-0.25, -0.2) is 0 Å². The van der Waals surface area contributed by atoms with E-state index in [9.17, 15) is 4.79 Å². The molecule has 0 fully saturated rings. The van der Waals surface area contributed by atoms with E-state index in [4.69, 9.17) is 4.74 Å². The molecular weight excluding hydrogens is 238 g/mol. The first-order chi connectivity index (χ1) is 9.04. The molecule has 0 aliphatic heterocycles. The van der Waals surface area contributed by atoms with Crippen molar-refractivity contribution in [2.45, 2.75) is 20.8 Å². The van der Waals surface area contributed by atoms with Crippen LogP contribution in [-0.2, 0) is 0 Å². The molecule has 2 aromatic rings. The van der Waals surface area contributed by atoms with E-state index >= 15 is 0 Å². The highest BCUT2D eigenvalue weighted by atomic mass is 16.5. The van der Waals surface area contributed by atoms with E-state index in [1.54, 1.807) is 19.5 Å². The van der Waals surface area contributed by atoms with E-state index in [1.165, 1.54) is 0 Å². The Labute approximate surface area is 113 Å². The summed E-state index contributed by atoms with van der Waals surface area (Å²) in [4.78, 5) is 16.7. The summed E-state index contributed by atoms with van der Waals surface area (Å²) in [6.07, 6.45) is 3.29. The number of ketones is 1. The molecule has 3 heteroatoms. The van der Waals surface area contributed by atoms with Crippen molar-refractivity contribution in [1.29, 1.82) is 0 Å². The van der Waals surface area contributed by atoms with Crippen molar-refractivity contribution in [3.63, 3.8) is 0 Å². The lowest BCUT2D eigenvalue weighted by Gasteiger charge is -2.13. The lowest BCUT2D eigenvalue weighted by atomic mass is 9.95. The Kier molecular flexibility index (Phi) is 3.65. The molecule has 0 unspecified atom stereocenters. The third-order valence-corrected chi connectivity index (χ3v) is 3.17. The number of hydrogen-bond acceptors (Lipinski definition) is 3. The van der Waals surface area contributed by atoms with Crippen molar-refractivity contribution >= 4 is 5.78 Å². The Bertz CT molecular complexity index is 633. The third kappa shape index (κ3) is 2.50. The van der Waals surface area contributed by atoms with Crippen LogP contribution in [0.2, 0.25) is 0 Å². The van der Waals surface area contributed by atoms with Gasteiger partial charge in [-0.2, -0.15) is 0 Å². The Morgan fingerprint density at radius 3 is 2.53 bits per heavy atom. The number of aryl methyl sites for hydroxylation is 3. The molecule has 0 aliphatic rings. The second-order valence-electron chi connectivity index (χ2n) is 4.68. The molecular formula is C16H17NO2. The average Bonchev–Trinajstić information content (AvgIpc) is 2.37. The molecule has 0 atom stereocenters. The van der Waals surface area contributed by atoms with Crippen LogP contribution in [0.25, 0.3) is 0 Å². The molecule has 2 rings (SSSR count). The highest BCUT2D eigenvalue weighted by Crippen LogP contribution is 2.27. The van der Waals surface area contributed by atoms with E-state index in [-0.39, 0.29) is 5.78 Å². The van der Waals surface area contributed by atoms with Gasteiger partial charge in [0, 0.05) is 18.0 Å². The fourth-order valence-corrected chi connectivity index (χ4v) is 2.22. The van der Waals surface area contributed by atoms with Crippen molar-refractivity contribution < 1.29 is 9.53 Å². The van der Waals surface area contributed by atoms with Gasteiger partial charge < -0.3 is 4.74 Å². The van der Waals surface area contributed by atoms with Crippen LogP contribution >= 0.6 is 0 Å². The molecule has 1 aromatic carbocycles. The van der Waals surface area contributed by atoms with Gasteiger partial charge in [-0.05, 0) is 49.6 Å². The Morgan fingerprint density at radius 1 is 1.16 bits per heavy atom. The minimum atomic E-state index is -0.0417. The zero-order valence-corrected chi connectivity index (χ0v) is 11.7. The molecule has 0 saturated carbocycles. The van der Waals surface area contributed by atoms with Crippen LogP contribution in [0.4, 0.5) is 0 Å². The lowest BCUT2D eigenvalue weighted by molar-refractivity contribution is 0.103. The lowest BCUT2D eigenvalue weighted by Crippen LogP contribution is -2.09. The molecule has 0 radical (unpaired) electrons. The number of methoxy groups -OCH3 is 1. The topological polar surface area (TPSA) is 39.2 Å². The second kappa shape index (κ2) is 5.22. The van der Waals surface area contributed by atoms with E-state index in [1.807, 2.05) is 39.0 Å². The number of carbonyl (C=O) groups excluding carboxylic acids is 1. The highest BCUT2D eigenvalue weighted by Gasteiger charge is 2.19. The standard InChI is InChI=1S/C16H17NO2/c1-10-7-12(3)15(14(8-10)19-4)16(18)13-9-17-6-5-11(13)2/h5-9H,1-4H3. The second-order valence-corrected chi connectivity index (χ2v) is 4.68. The van der Waals surface area contributed by atoms with E-state index in [2.05, 4.69) is 4.98 Å². The Morgan fingerprint density at radius 2 is 1.89 bits per heavy atom. The number of hydrogen-bond donors (Lipinski definition) is 0. The highest BCUT2D eigenvalue weighted by molar-refractivity contribution is 6.12. The fourth-order valence-electron chi connectivity index (χ4n) is 2.22. The van der Waals surface area contributed by atoms with Gasteiger partial charge in [0.1, 0.15) is 5.75 Å². The molecule has 1 heterocycles. The Balaban J connectivity index is 2.59. The maximum absolute atomic E-state index is 12.7. The predicted octanol–water partition coefficient (Wildman–Crippen LogP) is 3.25. The van der Waals surface area contributed by atoms with Crippen LogP contribution in [0, 0.1) is 20.8 Å². The molecule has 0 N–H and O–H groups in total. The number of ether oxygens (including phenoxy) is 1. The van der Waals surface area contributed by atoms with Gasteiger partial charge in [-0.3, -0.25) is 9.78 Å². The number of carbonyl (C=O) groups is 1. The number of benzene rings is 1. The van der Waals surface area contributed by atoms with Crippen LogP contribution in [-0.4, -0.2) is 17.9 Å². The van der Waals surface area contributed by atoms with Crippen LogP contribution in [0.3, 0.4) is 0 Å². The van der Waals surface area contributed by atoms with Gasteiger partial charge in [0.05, 0.1) is 12.7 Å². The number of rotatable bonds is 3. The third-order valence-electron chi connectivity index (χ3n) is 3.17. The van der Waals surface area contributed by atoms with Crippen LogP contribution in [0.15, 0.2) is 30.6 Å². The number of aromatic nitrogens is 1. The average molecular weight is 255 g/mol. The zero-order chi connectivity index (χ0) is 14.0. The fraction of sp³-hybridized carbons (Fsp3) is 0.250. The van der Waals surface area contributed by atoms with E-state index < -0.39 is 0 Å². The molecule has 98 valence electrons. The van der Waals surface area contributed by atoms with Crippen molar-refractivity contribution in [1.82, 2.24) is 4.98 Å². The molecule has 3 nitrogen and oxygen atoms in total. The largest absolute Gasteiger partial charge is 0.496 e. The maximum atomic E-state index is 12.7. The summed E-state index contributed by atoms with van der Waals surface area (Å²) in [6, 6.07) is 5.70. The molecule has 0 amide bonds. The minimum Gasteiger partial charge on any atom is -0.496 e. The molecule has 19 heavy (non-hydrogen) atoms. The van der Waals surface area contributed by atoms with E-state index in [0.29, 0.717) is 16.9 Å². The molecule has 0 saturated heterocycles. The summed E-state index contributed by atoms with van der Waals surface area (Å²) >= 11 is 0. The predicted molar refractivity (Wildman–Crippen MR) is 74.9 cm³/mol. The summed E-state index contributed by atoms with van der Waals surface area (Å²) in [5.41, 5.74) is 4.15. The maximum Gasteiger partial charge on any atom is 0.198 e. The SMILES string of the molecule is COc1cc(C)cc(C)c1C(=O)c1cnccc1C. The molecule has 0 aliphatic carbocycles. The van der Waals surface area contributed by atoms with Gasteiger partial charge in [-0.15, -0.1) is 0 Å². The van der Waals surface area contributed by atoms with Gasteiger partial charge in [0.2, 0.25) is 0 Å². The zero-order valence-electron chi connectivity index (χ0n) is 11.7. The monoisotopic (exact) mass is 255 g/mol. The smallest absolute Gasteiger partial charge is 0.198 e. The van der Waals surface area contributed by atoms with E-state index in [0.717, 1.165) is 16.7 Å². The van der Waals surface area contributed by atoms with Crippen LogP contribution in [0.5, 0.6) is 5.75 Å². The summed E-state index contributed by atoms with van der Waals surface area (Å²) < 4.78 is 5.35.